The Balaban J connectivity index is 2.07. The first-order valence-corrected chi connectivity index (χ1v) is 11.0. The van der Waals surface area contributed by atoms with Gasteiger partial charge < -0.3 is 10.4 Å². The SMILES string of the molecule is CCCCCNc1ncc(-c2cccc(/C(=C/C(=O)O)CC)c2)c(-n2ccc(C(F)(F)F)n2)n1. The molecule has 2 N–H and O–H groups in total. The summed E-state index contributed by atoms with van der Waals surface area (Å²) in [5.74, 6) is -0.586. The Kier molecular flexibility index (Phi) is 8.04. The van der Waals surface area contributed by atoms with Crippen molar-refractivity contribution >= 4 is 17.5 Å². The molecule has 34 heavy (non-hydrogen) atoms. The van der Waals surface area contributed by atoms with Crippen molar-refractivity contribution in [1.82, 2.24) is 19.7 Å². The summed E-state index contributed by atoms with van der Waals surface area (Å²) in [5.41, 5.74) is 1.36. The largest absolute Gasteiger partial charge is 0.478 e. The molecule has 0 amide bonds. The number of nitrogens with one attached hydrogen (secondary N) is 1. The summed E-state index contributed by atoms with van der Waals surface area (Å²) >= 11 is 0. The van der Waals surface area contributed by atoms with Crippen LogP contribution in [0.15, 0.2) is 48.8 Å². The summed E-state index contributed by atoms with van der Waals surface area (Å²) in [6.45, 7) is 4.56. The zero-order valence-electron chi connectivity index (χ0n) is 18.9. The Morgan fingerprint density at radius 1 is 1.21 bits per heavy atom. The van der Waals surface area contributed by atoms with E-state index in [0.717, 1.165) is 36.1 Å². The van der Waals surface area contributed by atoms with Crippen LogP contribution in [-0.4, -0.2) is 37.4 Å². The number of aromatic nitrogens is 4. The normalized spacial score (nSPS) is 12.1. The van der Waals surface area contributed by atoms with Crippen LogP contribution in [0, 0.1) is 0 Å². The second kappa shape index (κ2) is 11.0. The molecule has 0 unspecified atom stereocenters. The Hall–Kier alpha value is -3.69. The van der Waals surface area contributed by atoms with E-state index in [4.69, 9.17) is 5.11 Å². The van der Waals surface area contributed by atoms with Gasteiger partial charge in [0.1, 0.15) is 0 Å². The van der Waals surface area contributed by atoms with Gasteiger partial charge in [-0.05, 0) is 41.7 Å². The standard InChI is InChI=1S/C24H26F3N5O2/c1-3-5-6-11-28-23-29-15-19(22(30-23)32-12-10-20(31-32)24(25,26)27)18-9-7-8-17(13-18)16(4-2)14-21(33)34/h7-10,12-15H,3-6,11H2,1-2H3,(H,33,34)(H,28,29,30)/b16-14+. The maximum Gasteiger partial charge on any atom is 0.435 e. The predicted octanol–water partition coefficient (Wildman–Crippen LogP) is 5.83. The van der Waals surface area contributed by atoms with Crippen molar-refractivity contribution in [1.29, 1.82) is 0 Å². The van der Waals surface area contributed by atoms with Crippen LogP contribution in [0.5, 0.6) is 0 Å². The van der Waals surface area contributed by atoms with E-state index in [1.54, 1.807) is 24.3 Å². The minimum absolute atomic E-state index is 0.181. The van der Waals surface area contributed by atoms with Crippen molar-refractivity contribution in [2.45, 2.75) is 45.7 Å². The van der Waals surface area contributed by atoms with Crippen LogP contribution in [0.25, 0.3) is 22.5 Å². The van der Waals surface area contributed by atoms with Gasteiger partial charge in [0.05, 0.1) is 0 Å². The summed E-state index contributed by atoms with van der Waals surface area (Å²) < 4.78 is 40.6. The first kappa shape index (κ1) is 24.9. The number of hydrogen-bond acceptors (Lipinski definition) is 5. The molecule has 0 bridgehead atoms. The van der Waals surface area contributed by atoms with E-state index < -0.39 is 17.8 Å². The highest BCUT2D eigenvalue weighted by molar-refractivity contribution is 5.90. The Morgan fingerprint density at radius 3 is 2.65 bits per heavy atom. The molecule has 0 aliphatic rings. The molecular formula is C24H26F3N5O2. The van der Waals surface area contributed by atoms with Gasteiger partial charge in [-0.1, -0.05) is 44.9 Å². The van der Waals surface area contributed by atoms with Gasteiger partial charge >= 0.3 is 12.1 Å². The van der Waals surface area contributed by atoms with Crippen LogP contribution in [0.2, 0.25) is 0 Å². The van der Waals surface area contributed by atoms with Crippen LogP contribution >= 0.6 is 0 Å². The van der Waals surface area contributed by atoms with Gasteiger partial charge in [-0.2, -0.15) is 23.3 Å². The van der Waals surface area contributed by atoms with Crippen molar-refractivity contribution in [3.05, 3.63) is 60.1 Å². The van der Waals surface area contributed by atoms with Crippen LogP contribution in [0.1, 0.15) is 50.8 Å². The smallest absolute Gasteiger partial charge is 0.435 e. The van der Waals surface area contributed by atoms with Crippen LogP contribution in [0.4, 0.5) is 19.1 Å². The van der Waals surface area contributed by atoms with Crippen molar-refractivity contribution in [2.24, 2.45) is 0 Å². The first-order valence-electron chi connectivity index (χ1n) is 11.0. The highest BCUT2D eigenvalue weighted by atomic mass is 19.4. The molecule has 3 aromatic rings. The van der Waals surface area contributed by atoms with Gasteiger partial charge in [-0.3, -0.25) is 0 Å². The van der Waals surface area contributed by atoms with Crippen LogP contribution in [0.3, 0.4) is 0 Å². The number of halogens is 3. The molecule has 3 rings (SSSR count). The highest BCUT2D eigenvalue weighted by Crippen LogP contribution is 2.31. The number of nitrogens with zero attached hydrogens (tertiary/aromatic N) is 4. The van der Waals surface area contributed by atoms with E-state index >= 15 is 0 Å². The molecule has 0 saturated carbocycles. The van der Waals surface area contributed by atoms with E-state index in [1.165, 1.54) is 12.4 Å². The lowest BCUT2D eigenvalue weighted by Crippen LogP contribution is -2.11. The number of aliphatic carboxylic acids is 1. The third kappa shape index (κ3) is 6.21. The van der Waals surface area contributed by atoms with Crippen LogP contribution < -0.4 is 5.32 Å². The lowest BCUT2D eigenvalue weighted by Gasteiger charge is -2.13. The average molecular weight is 473 g/mol. The Morgan fingerprint density at radius 2 is 2.00 bits per heavy atom. The van der Waals surface area contributed by atoms with E-state index in [1.807, 2.05) is 6.92 Å². The number of unbranched alkanes of at least 4 members (excludes halogenated alkanes) is 2. The summed E-state index contributed by atoms with van der Waals surface area (Å²) in [4.78, 5) is 20.0. The van der Waals surface area contributed by atoms with Gasteiger partial charge in [0, 0.05) is 30.6 Å². The topological polar surface area (TPSA) is 92.9 Å². The Labute approximate surface area is 195 Å². The molecule has 0 aliphatic carbocycles. The summed E-state index contributed by atoms with van der Waals surface area (Å²) in [6, 6.07) is 7.95. The molecule has 0 saturated heterocycles. The highest BCUT2D eigenvalue weighted by Gasteiger charge is 2.34. The van der Waals surface area contributed by atoms with Gasteiger partial charge in [0.15, 0.2) is 11.5 Å². The molecule has 0 aliphatic heterocycles. The first-order chi connectivity index (χ1) is 16.2. The lowest BCUT2D eigenvalue weighted by molar-refractivity contribution is -0.141. The summed E-state index contributed by atoms with van der Waals surface area (Å²) in [5, 5.41) is 15.9. The maximum atomic E-state index is 13.2. The molecular weight excluding hydrogens is 447 g/mol. The number of carboxylic acids is 1. The molecule has 1 aromatic carbocycles. The fourth-order valence-electron chi connectivity index (χ4n) is 3.43. The molecule has 0 fully saturated rings. The number of anilines is 1. The number of carbonyl (C=O) groups is 1. The monoisotopic (exact) mass is 473 g/mol. The molecule has 180 valence electrons. The summed E-state index contributed by atoms with van der Waals surface area (Å²) in [7, 11) is 0. The fraction of sp³-hybridized carbons (Fsp3) is 0.333. The van der Waals surface area contributed by atoms with E-state index in [0.29, 0.717) is 35.2 Å². The van der Waals surface area contributed by atoms with Crippen molar-refractivity contribution in [3.63, 3.8) is 0 Å². The Bertz CT molecular complexity index is 1170. The third-order valence-corrected chi connectivity index (χ3v) is 5.15. The second-order valence-electron chi connectivity index (χ2n) is 7.65. The third-order valence-electron chi connectivity index (χ3n) is 5.15. The average Bonchev–Trinajstić information content (AvgIpc) is 3.31. The van der Waals surface area contributed by atoms with Gasteiger partial charge in [0.25, 0.3) is 0 Å². The van der Waals surface area contributed by atoms with Gasteiger partial charge in [-0.15, -0.1) is 0 Å². The molecule has 0 radical (unpaired) electrons. The van der Waals surface area contributed by atoms with Gasteiger partial charge in [-0.25, -0.2) is 14.5 Å². The molecule has 7 nitrogen and oxygen atoms in total. The zero-order valence-corrected chi connectivity index (χ0v) is 18.9. The van der Waals surface area contributed by atoms with Crippen LogP contribution in [-0.2, 0) is 11.0 Å². The number of alkyl halides is 3. The molecule has 0 spiro atoms. The quantitative estimate of drug-likeness (QED) is 0.284. The molecule has 2 heterocycles. The zero-order chi connectivity index (χ0) is 24.7. The summed E-state index contributed by atoms with van der Waals surface area (Å²) in [6.07, 6.45) is 2.78. The van der Waals surface area contributed by atoms with Crippen molar-refractivity contribution in [3.8, 4) is 16.9 Å². The predicted molar refractivity (Wildman–Crippen MR) is 124 cm³/mol. The number of rotatable bonds is 10. The number of allylic oxidation sites excluding steroid dienone is 1. The minimum atomic E-state index is -4.59. The minimum Gasteiger partial charge on any atom is -0.478 e. The molecule has 2 aromatic heterocycles. The lowest BCUT2D eigenvalue weighted by atomic mass is 9.98. The number of benzene rings is 1. The number of hydrogen-bond donors (Lipinski definition) is 2. The van der Waals surface area contributed by atoms with Gasteiger partial charge in [0.2, 0.25) is 5.95 Å². The van der Waals surface area contributed by atoms with Crippen molar-refractivity contribution in [2.75, 3.05) is 11.9 Å². The molecule has 10 heteroatoms. The van der Waals surface area contributed by atoms with E-state index in [9.17, 15) is 18.0 Å². The fourth-order valence-corrected chi connectivity index (χ4v) is 3.43. The van der Waals surface area contributed by atoms with Crippen molar-refractivity contribution < 1.29 is 23.1 Å². The van der Waals surface area contributed by atoms with E-state index in [-0.39, 0.29) is 11.8 Å². The molecule has 0 atom stereocenters. The number of carboxylic acid groups (broad SMARTS) is 1. The van der Waals surface area contributed by atoms with E-state index in [2.05, 4.69) is 27.3 Å². The maximum absolute atomic E-state index is 13.2. The second-order valence-corrected chi connectivity index (χ2v) is 7.65.